The van der Waals surface area contributed by atoms with Gasteiger partial charge in [0.1, 0.15) is 9.84 Å². The van der Waals surface area contributed by atoms with Crippen molar-refractivity contribution in [2.45, 2.75) is 19.8 Å². The molecule has 0 radical (unpaired) electrons. The molecular weight excluding hydrogens is 296 g/mol. The Balaban J connectivity index is 0.00000122. The van der Waals surface area contributed by atoms with Crippen molar-refractivity contribution in [3.8, 4) is 0 Å². The third-order valence-electron chi connectivity index (χ3n) is 3.48. The summed E-state index contributed by atoms with van der Waals surface area (Å²) in [6, 6.07) is 0. The first kappa shape index (κ1) is 19.9. The first-order valence-corrected chi connectivity index (χ1v) is 8.77. The van der Waals surface area contributed by atoms with E-state index in [2.05, 4.69) is 18.9 Å². The molecule has 1 atom stereocenters. The molecule has 1 aliphatic rings. The SMILES string of the molecule is CN1CCC(C)(CN(C)C(=O)CCS(C)(=O)=O)C1.O=CO. The van der Waals surface area contributed by atoms with E-state index < -0.39 is 9.84 Å². The number of carbonyl (C=O) groups is 2. The monoisotopic (exact) mass is 322 g/mol. The van der Waals surface area contributed by atoms with E-state index in [4.69, 9.17) is 9.90 Å². The van der Waals surface area contributed by atoms with Gasteiger partial charge in [-0.05, 0) is 25.4 Å². The van der Waals surface area contributed by atoms with E-state index >= 15 is 0 Å². The van der Waals surface area contributed by atoms with E-state index in [1.165, 1.54) is 0 Å². The number of rotatable bonds is 5. The predicted molar refractivity (Wildman–Crippen MR) is 80.9 cm³/mol. The topological polar surface area (TPSA) is 95.0 Å². The molecule has 21 heavy (non-hydrogen) atoms. The van der Waals surface area contributed by atoms with Gasteiger partial charge in [-0.2, -0.15) is 0 Å². The zero-order chi connectivity index (χ0) is 16.7. The number of amides is 1. The van der Waals surface area contributed by atoms with Gasteiger partial charge in [-0.1, -0.05) is 6.92 Å². The van der Waals surface area contributed by atoms with Crippen LogP contribution in [0.25, 0.3) is 0 Å². The predicted octanol–water partition coefficient (Wildman–Crippen LogP) is -0.0779. The van der Waals surface area contributed by atoms with Crippen LogP contribution in [0.3, 0.4) is 0 Å². The summed E-state index contributed by atoms with van der Waals surface area (Å²) in [4.78, 5) is 24.1. The molecule has 1 saturated heterocycles. The quantitative estimate of drug-likeness (QED) is 0.712. The molecule has 1 fully saturated rings. The number of likely N-dealkylation sites (tertiary alicyclic amines) is 1. The van der Waals surface area contributed by atoms with Gasteiger partial charge >= 0.3 is 0 Å². The molecular formula is C13H26N2O5S. The molecule has 0 aromatic heterocycles. The van der Waals surface area contributed by atoms with Crippen LogP contribution in [0.1, 0.15) is 19.8 Å². The Hall–Kier alpha value is -1.15. The van der Waals surface area contributed by atoms with Crippen molar-refractivity contribution in [3.05, 3.63) is 0 Å². The molecule has 0 aromatic rings. The van der Waals surface area contributed by atoms with Crippen molar-refractivity contribution in [2.75, 3.05) is 45.7 Å². The summed E-state index contributed by atoms with van der Waals surface area (Å²) in [6.07, 6.45) is 2.32. The molecule has 1 N–H and O–H groups in total. The third-order valence-corrected chi connectivity index (χ3v) is 4.43. The maximum absolute atomic E-state index is 11.8. The lowest BCUT2D eigenvalue weighted by Gasteiger charge is -2.30. The van der Waals surface area contributed by atoms with Gasteiger partial charge in [0.2, 0.25) is 5.91 Å². The normalized spacial score (nSPS) is 22.3. The lowest BCUT2D eigenvalue weighted by molar-refractivity contribution is -0.130. The van der Waals surface area contributed by atoms with Gasteiger partial charge in [0, 0.05) is 32.8 Å². The Labute approximate surface area is 126 Å². The summed E-state index contributed by atoms with van der Waals surface area (Å²) < 4.78 is 22.1. The van der Waals surface area contributed by atoms with Crippen LogP contribution in [0.4, 0.5) is 0 Å². The van der Waals surface area contributed by atoms with E-state index in [9.17, 15) is 13.2 Å². The van der Waals surface area contributed by atoms with Crippen LogP contribution in [0.5, 0.6) is 0 Å². The number of carbonyl (C=O) groups excluding carboxylic acids is 1. The molecule has 0 bridgehead atoms. The van der Waals surface area contributed by atoms with Crippen molar-refractivity contribution < 1.29 is 23.1 Å². The third kappa shape index (κ3) is 8.67. The summed E-state index contributed by atoms with van der Waals surface area (Å²) in [6.45, 7) is 4.66. The van der Waals surface area contributed by atoms with Crippen LogP contribution in [0, 0.1) is 5.41 Å². The molecule has 1 aliphatic heterocycles. The Morgan fingerprint density at radius 3 is 2.38 bits per heavy atom. The van der Waals surface area contributed by atoms with Crippen molar-refractivity contribution >= 4 is 22.2 Å². The summed E-state index contributed by atoms with van der Waals surface area (Å²) in [5.41, 5.74) is 0.129. The first-order valence-electron chi connectivity index (χ1n) is 6.71. The zero-order valence-electron chi connectivity index (χ0n) is 13.2. The van der Waals surface area contributed by atoms with Gasteiger partial charge in [0.05, 0.1) is 5.75 Å². The number of hydrogen-bond donors (Lipinski definition) is 1. The lowest BCUT2D eigenvalue weighted by Crippen LogP contribution is -2.39. The second-order valence-electron chi connectivity index (χ2n) is 6.03. The van der Waals surface area contributed by atoms with Gasteiger partial charge in [0.25, 0.3) is 6.47 Å². The average Bonchev–Trinajstić information content (AvgIpc) is 2.65. The van der Waals surface area contributed by atoms with Crippen molar-refractivity contribution in [3.63, 3.8) is 0 Å². The van der Waals surface area contributed by atoms with Crippen LogP contribution in [0.2, 0.25) is 0 Å². The second-order valence-corrected chi connectivity index (χ2v) is 8.29. The summed E-state index contributed by atoms with van der Waals surface area (Å²) >= 11 is 0. The van der Waals surface area contributed by atoms with Gasteiger partial charge in [-0.15, -0.1) is 0 Å². The molecule has 8 heteroatoms. The van der Waals surface area contributed by atoms with Crippen molar-refractivity contribution in [1.29, 1.82) is 0 Å². The van der Waals surface area contributed by atoms with E-state index in [0.29, 0.717) is 6.54 Å². The minimum atomic E-state index is -3.06. The maximum Gasteiger partial charge on any atom is 0.290 e. The lowest BCUT2D eigenvalue weighted by atomic mass is 9.89. The zero-order valence-corrected chi connectivity index (χ0v) is 14.0. The largest absolute Gasteiger partial charge is 0.483 e. The molecule has 0 aromatic carbocycles. The van der Waals surface area contributed by atoms with Crippen molar-refractivity contribution in [2.24, 2.45) is 5.41 Å². The highest BCUT2D eigenvalue weighted by molar-refractivity contribution is 7.90. The fourth-order valence-corrected chi connectivity index (χ4v) is 3.07. The molecule has 1 unspecified atom stereocenters. The highest BCUT2D eigenvalue weighted by Gasteiger charge is 2.33. The smallest absolute Gasteiger partial charge is 0.290 e. The van der Waals surface area contributed by atoms with Crippen LogP contribution in [-0.4, -0.2) is 81.4 Å². The van der Waals surface area contributed by atoms with Gasteiger partial charge in [-0.3, -0.25) is 9.59 Å². The molecule has 0 saturated carbocycles. The number of carboxylic acid groups (broad SMARTS) is 1. The summed E-state index contributed by atoms with van der Waals surface area (Å²) in [5.74, 6) is -0.150. The molecule has 0 aliphatic carbocycles. The fourth-order valence-electron chi connectivity index (χ4n) is 2.52. The Morgan fingerprint density at radius 1 is 1.48 bits per heavy atom. The highest BCUT2D eigenvalue weighted by Crippen LogP contribution is 2.29. The molecule has 7 nitrogen and oxygen atoms in total. The fraction of sp³-hybridized carbons (Fsp3) is 0.846. The molecule has 124 valence electrons. The molecule has 1 amide bonds. The van der Waals surface area contributed by atoms with E-state index in [-0.39, 0.29) is 30.0 Å². The van der Waals surface area contributed by atoms with Gasteiger partial charge < -0.3 is 14.9 Å². The van der Waals surface area contributed by atoms with Crippen LogP contribution in [0.15, 0.2) is 0 Å². The van der Waals surface area contributed by atoms with Gasteiger partial charge in [-0.25, -0.2) is 8.42 Å². The highest BCUT2D eigenvalue weighted by atomic mass is 32.2. The number of nitrogens with zero attached hydrogens (tertiary/aromatic N) is 2. The van der Waals surface area contributed by atoms with Gasteiger partial charge in [0.15, 0.2) is 0 Å². The average molecular weight is 322 g/mol. The van der Waals surface area contributed by atoms with Crippen LogP contribution in [-0.2, 0) is 19.4 Å². The summed E-state index contributed by atoms with van der Waals surface area (Å²) in [7, 11) is 0.779. The standard InChI is InChI=1S/C12H24N2O3S.CH2O2/c1-12(6-7-13(2)9-12)10-14(3)11(15)5-8-18(4,16)17;2-1-3/h5-10H2,1-4H3;1H,(H,2,3). The van der Waals surface area contributed by atoms with E-state index in [0.717, 1.165) is 25.8 Å². The second kappa shape index (κ2) is 8.33. The first-order chi connectivity index (χ1) is 9.53. The number of hydrogen-bond acceptors (Lipinski definition) is 5. The maximum atomic E-state index is 11.8. The Kier molecular flexibility index (Phi) is 7.87. The minimum absolute atomic E-state index is 0.0627. The number of sulfone groups is 1. The van der Waals surface area contributed by atoms with E-state index in [1.807, 2.05) is 0 Å². The summed E-state index contributed by atoms with van der Waals surface area (Å²) in [5, 5.41) is 6.89. The van der Waals surface area contributed by atoms with E-state index in [1.54, 1.807) is 11.9 Å². The Morgan fingerprint density at radius 2 is 2.00 bits per heavy atom. The van der Waals surface area contributed by atoms with Crippen LogP contribution < -0.4 is 0 Å². The molecule has 1 rings (SSSR count). The van der Waals surface area contributed by atoms with Crippen molar-refractivity contribution in [1.82, 2.24) is 9.80 Å². The minimum Gasteiger partial charge on any atom is -0.483 e. The molecule has 1 heterocycles. The van der Waals surface area contributed by atoms with Crippen LogP contribution >= 0.6 is 0 Å². The Bertz CT molecular complexity index is 451. The molecule has 0 spiro atoms.